The van der Waals surface area contributed by atoms with Gasteiger partial charge in [-0.25, -0.2) is 13.6 Å². The molecule has 0 atom stereocenters. The van der Waals surface area contributed by atoms with Gasteiger partial charge in [0.05, 0.1) is 10.6 Å². The fraction of sp³-hybridized carbons (Fsp3) is 0. The van der Waals surface area contributed by atoms with Crippen molar-refractivity contribution >= 4 is 56.5 Å². The Balaban J connectivity index is 1.64. The van der Waals surface area contributed by atoms with Crippen molar-refractivity contribution in [1.29, 1.82) is 0 Å². The lowest BCUT2D eigenvalue weighted by molar-refractivity contribution is 0.0934. The highest BCUT2D eigenvalue weighted by atomic mass is 35.5. The van der Waals surface area contributed by atoms with E-state index in [9.17, 15) is 13.2 Å². The fourth-order valence-corrected chi connectivity index (χ4v) is 3.06. The number of primary sulfonamides is 1. The Kier molecular flexibility index (Phi) is 6.17. The number of nitrogen functional groups attached to an aromatic ring is 1. The van der Waals surface area contributed by atoms with E-state index in [1.807, 2.05) is 0 Å². The third-order valence-electron chi connectivity index (χ3n) is 3.64. The van der Waals surface area contributed by atoms with Gasteiger partial charge in [0.2, 0.25) is 21.8 Å². The van der Waals surface area contributed by atoms with Crippen LogP contribution in [0.2, 0.25) is 5.02 Å². The quantitative estimate of drug-likeness (QED) is 0.275. The SMILES string of the molecule is Nc1nc(C(=O)NNC(=S)Nc2ccc(Cl)cc2)nn1-c1ccc(S(N)(=O)=O)cc1. The monoisotopic (exact) mass is 466 g/mol. The van der Waals surface area contributed by atoms with Gasteiger partial charge in [-0.05, 0) is 60.7 Å². The van der Waals surface area contributed by atoms with Crippen molar-refractivity contribution in [2.45, 2.75) is 4.90 Å². The zero-order valence-corrected chi connectivity index (χ0v) is 17.4. The van der Waals surface area contributed by atoms with Crippen molar-refractivity contribution in [3.05, 3.63) is 59.4 Å². The predicted molar refractivity (Wildman–Crippen MR) is 115 cm³/mol. The minimum Gasteiger partial charge on any atom is -0.368 e. The molecule has 7 N–H and O–H groups in total. The van der Waals surface area contributed by atoms with Gasteiger partial charge in [-0.2, -0.15) is 9.67 Å². The first kappa shape index (κ1) is 21.4. The molecule has 0 spiro atoms. The molecule has 0 saturated carbocycles. The van der Waals surface area contributed by atoms with Crippen LogP contribution < -0.4 is 27.0 Å². The number of halogens is 1. The average molecular weight is 467 g/mol. The minimum absolute atomic E-state index is 0.0752. The van der Waals surface area contributed by atoms with E-state index in [1.165, 1.54) is 28.9 Å². The number of aromatic nitrogens is 3. The van der Waals surface area contributed by atoms with Crippen LogP contribution in [0.5, 0.6) is 0 Å². The third-order valence-corrected chi connectivity index (χ3v) is 5.02. The number of carbonyl (C=O) groups excluding carboxylic acids is 1. The van der Waals surface area contributed by atoms with Crippen LogP contribution in [-0.2, 0) is 10.0 Å². The number of hydrazine groups is 1. The van der Waals surface area contributed by atoms with Crippen molar-refractivity contribution in [1.82, 2.24) is 25.6 Å². The standard InChI is InChI=1S/C16H15ClN8O3S2/c17-9-1-3-10(4-2-9)20-16(29)23-22-14(26)13-21-15(18)25(24-13)11-5-7-12(8-6-11)30(19,27)28/h1-8H,(H,22,26)(H2,18,21,24)(H2,19,27,28)(H2,20,23,29). The Hall–Kier alpha value is -3.26. The molecule has 0 aliphatic heterocycles. The summed E-state index contributed by atoms with van der Waals surface area (Å²) in [4.78, 5) is 16.1. The minimum atomic E-state index is -3.83. The second-order valence-corrected chi connectivity index (χ2v) is 8.19. The van der Waals surface area contributed by atoms with E-state index in [0.29, 0.717) is 16.4 Å². The molecule has 30 heavy (non-hydrogen) atoms. The third kappa shape index (κ3) is 5.21. The maximum atomic E-state index is 12.3. The molecule has 2 aromatic carbocycles. The zero-order valence-electron chi connectivity index (χ0n) is 15.0. The van der Waals surface area contributed by atoms with Gasteiger partial charge in [-0.1, -0.05) is 11.6 Å². The summed E-state index contributed by atoms with van der Waals surface area (Å²) in [5.41, 5.74) is 11.7. The van der Waals surface area contributed by atoms with E-state index in [0.717, 1.165) is 0 Å². The summed E-state index contributed by atoms with van der Waals surface area (Å²) in [6.07, 6.45) is 0. The topological polar surface area (TPSA) is 170 Å². The highest BCUT2D eigenvalue weighted by Gasteiger charge is 2.17. The molecular weight excluding hydrogens is 452 g/mol. The number of anilines is 2. The number of nitrogens with one attached hydrogen (secondary N) is 3. The maximum Gasteiger partial charge on any atom is 0.309 e. The van der Waals surface area contributed by atoms with Gasteiger partial charge < -0.3 is 11.1 Å². The van der Waals surface area contributed by atoms with E-state index in [1.54, 1.807) is 24.3 Å². The molecule has 0 saturated heterocycles. The van der Waals surface area contributed by atoms with Crippen LogP contribution in [0, 0.1) is 0 Å². The van der Waals surface area contributed by atoms with Crippen LogP contribution >= 0.6 is 23.8 Å². The van der Waals surface area contributed by atoms with Gasteiger partial charge in [0, 0.05) is 10.7 Å². The molecule has 3 rings (SSSR count). The molecule has 0 aliphatic carbocycles. The van der Waals surface area contributed by atoms with Crippen LogP contribution in [0.3, 0.4) is 0 Å². The Morgan fingerprint density at radius 3 is 2.30 bits per heavy atom. The molecule has 0 fully saturated rings. The van der Waals surface area contributed by atoms with Crippen molar-refractivity contribution in [2.75, 3.05) is 11.1 Å². The normalized spacial score (nSPS) is 11.0. The molecule has 11 nitrogen and oxygen atoms in total. The smallest absolute Gasteiger partial charge is 0.309 e. The lowest BCUT2D eigenvalue weighted by Gasteiger charge is -2.10. The summed E-state index contributed by atoms with van der Waals surface area (Å²) in [5.74, 6) is -1.00. The van der Waals surface area contributed by atoms with Crippen molar-refractivity contribution in [3.8, 4) is 5.69 Å². The number of hydrogen-bond acceptors (Lipinski definition) is 7. The number of benzene rings is 2. The van der Waals surface area contributed by atoms with Gasteiger partial charge in [0.1, 0.15) is 0 Å². The molecule has 0 unspecified atom stereocenters. The van der Waals surface area contributed by atoms with Crippen LogP contribution in [-0.4, -0.2) is 34.2 Å². The summed E-state index contributed by atoms with van der Waals surface area (Å²) in [6.45, 7) is 0. The van der Waals surface area contributed by atoms with Gasteiger partial charge >= 0.3 is 5.91 Å². The van der Waals surface area contributed by atoms with Crippen LogP contribution in [0.25, 0.3) is 5.69 Å². The van der Waals surface area contributed by atoms with Gasteiger partial charge in [-0.3, -0.25) is 15.6 Å². The zero-order chi connectivity index (χ0) is 21.9. The molecule has 156 valence electrons. The number of nitrogens with two attached hydrogens (primary N) is 2. The second kappa shape index (κ2) is 8.62. The Labute approximate surface area is 181 Å². The Morgan fingerprint density at radius 2 is 1.70 bits per heavy atom. The number of thiocarbonyl (C=S) groups is 1. The lowest BCUT2D eigenvalue weighted by Crippen LogP contribution is -2.44. The molecule has 0 bridgehead atoms. The van der Waals surface area contributed by atoms with Crippen molar-refractivity contribution in [3.63, 3.8) is 0 Å². The van der Waals surface area contributed by atoms with E-state index in [-0.39, 0.29) is 21.8 Å². The second-order valence-electron chi connectivity index (χ2n) is 5.78. The van der Waals surface area contributed by atoms with Crippen molar-refractivity contribution in [2.24, 2.45) is 5.14 Å². The molecule has 1 heterocycles. The largest absolute Gasteiger partial charge is 0.368 e. The van der Waals surface area contributed by atoms with Gasteiger partial charge in [0.25, 0.3) is 0 Å². The van der Waals surface area contributed by atoms with E-state index < -0.39 is 15.9 Å². The number of carbonyl (C=O) groups is 1. The highest BCUT2D eigenvalue weighted by Crippen LogP contribution is 2.15. The summed E-state index contributed by atoms with van der Waals surface area (Å²) in [5, 5.41) is 12.6. The van der Waals surface area contributed by atoms with E-state index in [2.05, 4.69) is 26.3 Å². The number of nitrogens with zero attached hydrogens (tertiary/aromatic N) is 3. The number of hydrogen-bond donors (Lipinski definition) is 5. The van der Waals surface area contributed by atoms with Crippen LogP contribution in [0.1, 0.15) is 10.6 Å². The first-order chi connectivity index (χ1) is 14.1. The molecular formula is C16H15ClN8O3S2. The summed E-state index contributed by atoms with van der Waals surface area (Å²) in [7, 11) is -3.83. The molecule has 0 radical (unpaired) electrons. The molecule has 3 aromatic rings. The van der Waals surface area contributed by atoms with Gasteiger partial charge in [0.15, 0.2) is 5.11 Å². The number of sulfonamides is 1. The van der Waals surface area contributed by atoms with E-state index in [4.69, 9.17) is 34.7 Å². The number of amides is 1. The molecule has 14 heteroatoms. The van der Waals surface area contributed by atoms with Crippen molar-refractivity contribution < 1.29 is 13.2 Å². The molecule has 1 aromatic heterocycles. The van der Waals surface area contributed by atoms with Gasteiger partial charge in [-0.15, -0.1) is 5.10 Å². The summed E-state index contributed by atoms with van der Waals surface area (Å²) < 4.78 is 23.8. The van der Waals surface area contributed by atoms with Crippen LogP contribution in [0.4, 0.5) is 11.6 Å². The lowest BCUT2D eigenvalue weighted by atomic mass is 10.3. The Bertz CT molecular complexity index is 1190. The highest BCUT2D eigenvalue weighted by molar-refractivity contribution is 7.89. The predicted octanol–water partition coefficient (Wildman–Crippen LogP) is 0.782. The number of rotatable bonds is 4. The summed E-state index contributed by atoms with van der Waals surface area (Å²) >= 11 is 10.9. The fourth-order valence-electron chi connectivity index (χ4n) is 2.25. The Morgan fingerprint density at radius 1 is 1.07 bits per heavy atom. The first-order valence-corrected chi connectivity index (χ1v) is 10.5. The van der Waals surface area contributed by atoms with E-state index >= 15 is 0 Å². The average Bonchev–Trinajstić information content (AvgIpc) is 3.09. The molecule has 1 amide bonds. The van der Waals surface area contributed by atoms with Crippen LogP contribution in [0.15, 0.2) is 53.4 Å². The molecule has 0 aliphatic rings. The first-order valence-electron chi connectivity index (χ1n) is 8.12. The maximum absolute atomic E-state index is 12.3. The summed E-state index contributed by atoms with van der Waals surface area (Å²) in [6, 6.07) is 12.2.